The van der Waals surface area contributed by atoms with Crippen molar-refractivity contribution in [2.45, 2.75) is 0 Å². The Morgan fingerprint density at radius 3 is 1.57 bits per heavy atom. The van der Waals surface area contributed by atoms with Crippen LogP contribution in [0.25, 0.3) is 101 Å². The maximum Gasteiger partial charge on any atom is 0.227 e. The maximum absolute atomic E-state index is 6.60. The zero-order chi connectivity index (χ0) is 35.1. The summed E-state index contributed by atoms with van der Waals surface area (Å²) in [5.41, 5.74) is 9.65. The predicted molar refractivity (Wildman–Crippen MR) is 215 cm³/mol. The third kappa shape index (κ3) is 5.71. The topological polar surface area (TPSA) is 64.7 Å². The van der Waals surface area contributed by atoms with Gasteiger partial charge < -0.3 is 4.42 Å². The first-order valence-electron chi connectivity index (χ1n) is 17.6. The van der Waals surface area contributed by atoms with E-state index in [4.69, 9.17) is 24.4 Å². The van der Waals surface area contributed by atoms with Crippen molar-refractivity contribution < 1.29 is 4.42 Å². The van der Waals surface area contributed by atoms with Crippen LogP contribution in [0.5, 0.6) is 0 Å². The highest BCUT2D eigenvalue weighted by atomic mass is 16.3. The normalized spacial score (nSPS) is 11.4. The molecule has 0 unspecified atom stereocenters. The molecule has 0 radical (unpaired) electrons. The molecule has 2 aromatic heterocycles. The Bertz CT molecular complexity index is 2920. The molecule has 0 aliphatic rings. The van der Waals surface area contributed by atoms with Crippen molar-refractivity contribution in [2.24, 2.45) is 0 Å². The summed E-state index contributed by atoms with van der Waals surface area (Å²) in [7, 11) is 0. The molecule has 0 aliphatic heterocycles. The molecule has 10 aromatic rings. The molecule has 0 fully saturated rings. The van der Waals surface area contributed by atoms with Crippen LogP contribution in [-0.4, -0.2) is 19.9 Å². The fourth-order valence-corrected chi connectivity index (χ4v) is 7.02. The van der Waals surface area contributed by atoms with Crippen LogP contribution in [0.2, 0.25) is 0 Å². The van der Waals surface area contributed by atoms with Gasteiger partial charge in [-0.3, -0.25) is 0 Å². The van der Waals surface area contributed by atoms with Gasteiger partial charge in [0.2, 0.25) is 5.89 Å². The van der Waals surface area contributed by atoms with E-state index in [2.05, 4.69) is 121 Å². The van der Waals surface area contributed by atoms with Crippen LogP contribution >= 0.6 is 0 Å². The van der Waals surface area contributed by atoms with Gasteiger partial charge in [-0.25, -0.2) is 19.9 Å². The summed E-state index contributed by atoms with van der Waals surface area (Å²) in [6, 6.07) is 62.4. The number of nitrogens with zero attached hydrogens (tertiary/aromatic N) is 4. The Balaban J connectivity index is 1.08. The van der Waals surface area contributed by atoms with Gasteiger partial charge in [0, 0.05) is 27.6 Å². The highest BCUT2D eigenvalue weighted by Crippen LogP contribution is 2.37. The van der Waals surface area contributed by atoms with Crippen LogP contribution in [-0.2, 0) is 0 Å². The lowest BCUT2D eigenvalue weighted by Gasteiger charge is -2.11. The van der Waals surface area contributed by atoms with Gasteiger partial charge >= 0.3 is 0 Å². The number of rotatable bonds is 6. The molecular formula is C48H30N4O. The highest BCUT2D eigenvalue weighted by Gasteiger charge is 2.19. The Morgan fingerprint density at radius 2 is 0.830 bits per heavy atom. The molecule has 248 valence electrons. The average molecular weight is 679 g/mol. The third-order valence-electron chi connectivity index (χ3n) is 9.77. The van der Waals surface area contributed by atoms with Gasteiger partial charge in [-0.1, -0.05) is 158 Å². The number of fused-ring (bicyclic) bond motifs is 4. The first-order valence-corrected chi connectivity index (χ1v) is 17.6. The van der Waals surface area contributed by atoms with Gasteiger partial charge in [0.15, 0.2) is 23.1 Å². The molecule has 10 rings (SSSR count). The molecule has 0 bridgehead atoms. The second kappa shape index (κ2) is 12.8. The molecular weight excluding hydrogens is 649 g/mol. The Morgan fingerprint density at radius 1 is 0.321 bits per heavy atom. The molecule has 5 nitrogen and oxygen atoms in total. The van der Waals surface area contributed by atoms with E-state index in [-0.39, 0.29) is 0 Å². The third-order valence-corrected chi connectivity index (χ3v) is 9.77. The van der Waals surface area contributed by atoms with Gasteiger partial charge in [-0.05, 0) is 62.7 Å². The summed E-state index contributed by atoms with van der Waals surface area (Å²) >= 11 is 0. The summed E-state index contributed by atoms with van der Waals surface area (Å²) in [5, 5.41) is 4.36. The quantitative estimate of drug-likeness (QED) is 0.175. The Kier molecular flexibility index (Phi) is 7.40. The number of oxazole rings is 1. The van der Waals surface area contributed by atoms with E-state index >= 15 is 0 Å². The Hall–Kier alpha value is -7.24. The van der Waals surface area contributed by atoms with Crippen LogP contribution in [0.3, 0.4) is 0 Å². The number of hydrogen-bond donors (Lipinski definition) is 0. The van der Waals surface area contributed by atoms with Crippen molar-refractivity contribution in [1.29, 1.82) is 0 Å². The lowest BCUT2D eigenvalue weighted by Crippen LogP contribution is -2.00. The summed E-state index contributed by atoms with van der Waals surface area (Å²) < 4.78 is 6.60. The van der Waals surface area contributed by atoms with Crippen molar-refractivity contribution in [3.63, 3.8) is 0 Å². The molecule has 5 heteroatoms. The number of hydrogen-bond acceptors (Lipinski definition) is 5. The van der Waals surface area contributed by atoms with Gasteiger partial charge in [0.1, 0.15) is 5.52 Å². The molecule has 2 heterocycles. The van der Waals surface area contributed by atoms with Gasteiger partial charge in [-0.15, -0.1) is 0 Å². The Labute approximate surface area is 305 Å². The van der Waals surface area contributed by atoms with Crippen molar-refractivity contribution in [3.8, 4) is 67.9 Å². The molecule has 0 atom stereocenters. The number of aromatic nitrogens is 4. The molecule has 0 spiro atoms. The number of benzene rings is 8. The zero-order valence-electron chi connectivity index (χ0n) is 28.5. The largest absolute Gasteiger partial charge is 0.435 e. The van der Waals surface area contributed by atoms with E-state index in [0.717, 1.165) is 55.2 Å². The van der Waals surface area contributed by atoms with E-state index in [1.807, 2.05) is 60.7 Å². The SMILES string of the molecule is c1ccc(-c2ccc(-c3nc4ccc5cccc(-c6nc(-c7ccccc7)nc(-c7ccc(-c8ccc9ccccc9c8)cc7)n6)c5c4o3)cc2)cc1. The molecule has 8 aromatic carbocycles. The first kappa shape index (κ1) is 30.6. The van der Waals surface area contributed by atoms with Gasteiger partial charge in [0.25, 0.3) is 0 Å². The summed E-state index contributed by atoms with van der Waals surface area (Å²) in [6.07, 6.45) is 0. The zero-order valence-corrected chi connectivity index (χ0v) is 28.5. The predicted octanol–water partition coefficient (Wildman–Crippen LogP) is 12.3. The van der Waals surface area contributed by atoms with Crippen molar-refractivity contribution in [3.05, 3.63) is 182 Å². The van der Waals surface area contributed by atoms with E-state index in [1.165, 1.54) is 16.3 Å². The van der Waals surface area contributed by atoms with E-state index in [9.17, 15) is 0 Å². The molecule has 0 N–H and O–H groups in total. The minimum Gasteiger partial charge on any atom is -0.435 e. The lowest BCUT2D eigenvalue weighted by atomic mass is 10.00. The minimum absolute atomic E-state index is 0.565. The van der Waals surface area contributed by atoms with Crippen molar-refractivity contribution >= 4 is 32.6 Å². The fraction of sp³-hybridized carbons (Fsp3) is 0. The summed E-state index contributed by atoms with van der Waals surface area (Å²) in [4.78, 5) is 20.1. The van der Waals surface area contributed by atoms with Gasteiger partial charge in [0.05, 0.1) is 0 Å². The van der Waals surface area contributed by atoms with E-state index < -0.39 is 0 Å². The average Bonchev–Trinajstić information content (AvgIpc) is 3.69. The standard InChI is InChI=1S/C48H30N4O/c1-3-10-31(11-4-1)33-20-25-38(26-21-33)48-49-42-29-28-35-16-9-17-41(43(35)44(42)53-48)47-51-45(36-13-5-2-6-14-36)50-46(52-47)37-23-18-34(19-24-37)40-27-22-32-12-7-8-15-39(32)30-40/h1-30H. The van der Waals surface area contributed by atoms with E-state index in [0.29, 0.717) is 28.9 Å². The van der Waals surface area contributed by atoms with E-state index in [1.54, 1.807) is 0 Å². The van der Waals surface area contributed by atoms with Crippen LogP contribution in [0, 0.1) is 0 Å². The lowest BCUT2D eigenvalue weighted by molar-refractivity contribution is 0.623. The van der Waals surface area contributed by atoms with Crippen LogP contribution < -0.4 is 0 Å². The highest BCUT2D eigenvalue weighted by molar-refractivity contribution is 6.10. The van der Waals surface area contributed by atoms with Crippen LogP contribution in [0.15, 0.2) is 186 Å². The van der Waals surface area contributed by atoms with Crippen LogP contribution in [0.4, 0.5) is 0 Å². The smallest absolute Gasteiger partial charge is 0.227 e. The summed E-state index contributed by atoms with van der Waals surface area (Å²) in [5.74, 6) is 2.33. The minimum atomic E-state index is 0.565. The maximum atomic E-state index is 6.60. The first-order chi connectivity index (χ1) is 26.2. The van der Waals surface area contributed by atoms with Crippen LogP contribution in [0.1, 0.15) is 0 Å². The molecule has 0 amide bonds. The monoisotopic (exact) mass is 678 g/mol. The van der Waals surface area contributed by atoms with Crippen molar-refractivity contribution in [1.82, 2.24) is 19.9 Å². The molecule has 0 aliphatic carbocycles. The second-order valence-corrected chi connectivity index (χ2v) is 13.1. The summed E-state index contributed by atoms with van der Waals surface area (Å²) in [6.45, 7) is 0. The fourth-order valence-electron chi connectivity index (χ4n) is 7.02. The van der Waals surface area contributed by atoms with Crippen molar-refractivity contribution in [2.75, 3.05) is 0 Å². The van der Waals surface area contributed by atoms with Gasteiger partial charge in [-0.2, -0.15) is 0 Å². The molecule has 0 saturated carbocycles. The molecule has 0 saturated heterocycles. The second-order valence-electron chi connectivity index (χ2n) is 13.1. The molecule has 53 heavy (non-hydrogen) atoms.